The minimum absolute atomic E-state index is 0.0568. The first-order valence-corrected chi connectivity index (χ1v) is 8.38. The molecule has 21 heavy (non-hydrogen) atoms. The molecule has 0 bridgehead atoms. The van der Waals surface area contributed by atoms with Crippen LogP contribution in [0, 0.1) is 2.88 Å². The number of benzene rings is 2. The summed E-state index contributed by atoms with van der Waals surface area (Å²) in [6, 6.07) is 15.4. The smallest absolute Gasteiger partial charge is 0.193 e. The van der Waals surface area contributed by atoms with Gasteiger partial charge in [-0.25, -0.2) is 0 Å². The number of hydrogen-bond acceptors (Lipinski definition) is 3. The van der Waals surface area contributed by atoms with Crippen LogP contribution in [-0.4, -0.2) is 5.78 Å². The van der Waals surface area contributed by atoms with Crippen LogP contribution in [0.15, 0.2) is 58.3 Å². The number of ketones is 1. The van der Waals surface area contributed by atoms with Gasteiger partial charge in [-0.05, 0) is 52.9 Å². The average molecular weight is 404 g/mol. The van der Waals surface area contributed by atoms with Crippen molar-refractivity contribution >= 4 is 61.6 Å². The summed E-state index contributed by atoms with van der Waals surface area (Å²) >= 11 is 3.81. The van der Waals surface area contributed by atoms with Gasteiger partial charge in [-0.3, -0.25) is 4.79 Å². The number of carbonyl (C=O) groups excluding carboxylic acids is 1. The summed E-state index contributed by atoms with van der Waals surface area (Å²) in [5.41, 5.74) is 3.11. The number of furan rings is 1. The highest BCUT2D eigenvalue weighted by Gasteiger charge is 2.14. The Balaban J connectivity index is 1.90. The Bertz CT molecular complexity index is 981. The summed E-state index contributed by atoms with van der Waals surface area (Å²) in [7, 11) is 0. The predicted octanol–water partition coefficient (Wildman–Crippen LogP) is 5.48. The largest absolute Gasteiger partial charge is 0.456 e. The number of rotatable bonds is 2. The van der Waals surface area contributed by atoms with E-state index in [4.69, 9.17) is 4.42 Å². The van der Waals surface area contributed by atoms with Crippen LogP contribution in [-0.2, 0) is 0 Å². The lowest BCUT2D eigenvalue weighted by atomic mass is 10.0. The van der Waals surface area contributed by atoms with Crippen molar-refractivity contribution < 1.29 is 9.21 Å². The molecule has 0 atom stereocenters. The minimum Gasteiger partial charge on any atom is -0.456 e. The Kier molecular flexibility index (Phi) is 3.08. The van der Waals surface area contributed by atoms with E-state index in [1.165, 1.54) is 0 Å². The van der Waals surface area contributed by atoms with E-state index in [0.29, 0.717) is 5.56 Å². The van der Waals surface area contributed by atoms with Crippen LogP contribution < -0.4 is 0 Å². The molecule has 4 rings (SSSR count). The van der Waals surface area contributed by atoms with Gasteiger partial charge in [0.25, 0.3) is 0 Å². The quantitative estimate of drug-likeness (QED) is 0.327. The Morgan fingerprint density at radius 1 is 0.952 bits per heavy atom. The fraction of sp³-hybridized carbons (Fsp3) is 0. The number of thiophene rings is 1. The van der Waals surface area contributed by atoms with Gasteiger partial charge >= 0.3 is 0 Å². The van der Waals surface area contributed by atoms with E-state index in [1.807, 2.05) is 53.9 Å². The van der Waals surface area contributed by atoms with Crippen LogP contribution in [0.25, 0.3) is 21.9 Å². The predicted molar refractivity (Wildman–Crippen MR) is 94.2 cm³/mol. The number of carbonyl (C=O) groups is 1. The van der Waals surface area contributed by atoms with Crippen LogP contribution in [0.5, 0.6) is 0 Å². The van der Waals surface area contributed by atoms with Gasteiger partial charge in [-0.2, -0.15) is 0 Å². The van der Waals surface area contributed by atoms with Crippen molar-refractivity contribution in [1.29, 1.82) is 0 Å². The van der Waals surface area contributed by atoms with Crippen molar-refractivity contribution in [2.45, 2.75) is 0 Å². The van der Waals surface area contributed by atoms with Crippen LogP contribution in [0.4, 0.5) is 0 Å². The lowest BCUT2D eigenvalue weighted by molar-refractivity contribution is 0.103. The van der Waals surface area contributed by atoms with Crippen LogP contribution in [0.3, 0.4) is 0 Å². The van der Waals surface area contributed by atoms with Gasteiger partial charge in [-0.1, -0.05) is 18.2 Å². The van der Waals surface area contributed by atoms with Crippen LogP contribution >= 0.6 is 33.9 Å². The molecule has 2 nitrogen and oxygen atoms in total. The summed E-state index contributed by atoms with van der Waals surface area (Å²) in [6.45, 7) is 0. The molecule has 0 radical (unpaired) electrons. The first-order chi connectivity index (χ1) is 10.2. The van der Waals surface area contributed by atoms with E-state index < -0.39 is 0 Å². The number of fused-ring (bicyclic) bond motifs is 3. The van der Waals surface area contributed by atoms with Gasteiger partial charge in [0.2, 0.25) is 0 Å². The van der Waals surface area contributed by atoms with Gasteiger partial charge in [0, 0.05) is 27.3 Å². The molecular weight excluding hydrogens is 395 g/mol. The monoisotopic (exact) mass is 404 g/mol. The first-order valence-electron chi connectivity index (χ1n) is 6.42. The minimum atomic E-state index is 0.0568. The molecule has 0 aliphatic rings. The highest BCUT2D eigenvalue weighted by molar-refractivity contribution is 14.1. The zero-order valence-corrected chi connectivity index (χ0v) is 13.8. The Morgan fingerprint density at radius 2 is 1.76 bits per heavy atom. The van der Waals surface area contributed by atoms with E-state index in [1.54, 1.807) is 11.3 Å². The van der Waals surface area contributed by atoms with Crippen molar-refractivity contribution in [3.8, 4) is 0 Å². The van der Waals surface area contributed by atoms with Crippen molar-refractivity contribution in [1.82, 2.24) is 0 Å². The summed E-state index contributed by atoms with van der Waals surface area (Å²) in [5.74, 6) is 0.0568. The lowest BCUT2D eigenvalue weighted by Crippen LogP contribution is -1.98. The molecule has 0 fully saturated rings. The topological polar surface area (TPSA) is 30.2 Å². The van der Waals surface area contributed by atoms with Crippen LogP contribution in [0.2, 0.25) is 0 Å². The maximum absolute atomic E-state index is 12.5. The molecule has 0 spiro atoms. The fourth-order valence-electron chi connectivity index (χ4n) is 2.46. The summed E-state index contributed by atoms with van der Waals surface area (Å²) in [5, 5.41) is 3.94. The summed E-state index contributed by atoms with van der Waals surface area (Å²) in [4.78, 5) is 12.5. The normalized spacial score (nSPS) is 11.3. The van der Waals surface area contributed by atoms with Crippen molar-refractivity contribution in [3.05, 3.63) is 67.9 Å². The molecule has 0 saturated carbocycles. The molecular formula is C17H9IO2S. The van der Waals surface area contributed by atoms with Gasteiger partial charge in [-0.15, -0.1) is 11.3 Å². The molecule has 102 valence electrons. The lowest BCUT2D eigenvalue weighted by Gasteiger charge is -1.98. The molecule has 4 heteroatoms. The van der Waals surface area contributed by atoms with Crippen LogP contribution in [0.1, 0.15) is 15.9 Å². The molecule has 0 aliphatic carbocycles. The Morgan fingerprint density at radius 3 is 2.57 bits per heavy atom. The van der Waals surface area contributed by atoms with E-state index >= 15 is 0 Å². The molecule has 4 aromatic rings. The van der Waals surface area contributed by atoms with E-state index in [0.717, 1.165) is 30.4 Å². The van der Waals surface area contributed by atoms with Crippen molar-refractivity contribution in [3.63, 3.8) is 0 Å². The molecule has 0 amide bonds. The number of para-hydroxylation sites is 1. The number of halogens is 1. The van der Waals surface area contributed by atoms with Gasteiger partial charge in [0.05, 0.1) is 2.88 Å². The van der Waals surface area contributed by atoms with E-state index in [2.05, 4.69) is 22.6 Å². The molecule has 0 unspecified atom stereocenters. The van der Waals surface area contributed by atoms with Gasteiger partial charge in [0.15, 0.2) is 5.78 Å². The third-order valence-corrected chi connectivity index (χ3v) is 5.26. The first kappa shape index (κ1) is 13.0. The molecule has 0 N–H and O–H groups in total. The molecule has 0 aliphatic heterocycles. The van der Waals surface area contributed by atoms with Crippen molar-refractivity contribution in [2.24, 2.45) is 0 Å². The highest BCUT2D eigenvalue weighted by atomic mass is 127. The third kappa shape index (κ3) is 2.18. The maximum atomic E-state index is 12.5. The fourth-order valence-corrected chi connectivity index (χ4v) is 3.79. The molecule has 0 saturated heterocycles. The van der Waals surface area contributed by atoms with Crippen molar-refractivity contribution in [2.75, 3.05) is 0 Å². The second-order valence-electron chi connectivity index (χ2n) is 4.78. The molecule has 2 heterocycles. The summed E-state index contributed by atoms with van der Waals surface area (Å²) in [6.07, 6.45) is 0. The van der Waals surface area contributed by atoms with E-state index in [9.17, 15) is 4.79 Å². The summed E-state index contributed by atoms with van der Waals surface area (Å²) < 4.78 is 6.90. The Labute approximate surface area is 138 Å². The molecule has 2 aromatic carbocycles. The number of hydrogen-bond donors (Lipinski definition) is 0. The maximum Gasteiger partial charge on any atom is 0.193 e. The average Bonchev–Trinajstić information content (AvgIpc) is 3.09. The standard InChI is InChI=1S/C17H9IO2S/c18-16-8-11(9-21-16)17(19)10-5-6-15-13(7-10)12-3-1-2-4-14(12)20-15/h1-9H. The van der Waals surface area contributed by atoms with Gasteiger partial charge < -0.3 is 4.42 Å². The SMILES string of the molecule is O=C(c1csc(I)c1)c1ccc2oc3ccccc3c2c1. The second kappa shape index (κ2) is 4.96. The second-order valence-corrected chi connectivity index (χ2v) is 7.58. The zero-order valence-electron chi connectivity index (χ0n) is 10.8. The third-order valence-electron chi connectivity index (χ3n) is 3.47. The Hall–Kier alpha value is -1.66. The molecule has 2 aromatic heterocycles. The van der Waals surface area contributed by atoms with E-state index in [-0.39, 0.29) is 5.78 Å². The zero-order chi connectivity index (χ0) is 14.4. The highest BCUT2D eigenvalue weighted by Crippen LogP contribution is 2.30. The van der Waals surface area contributed by atoms with Gasteiger partial charge in [0.1, 0.15) is 11.2 Å².